The topological polar surface area (TPSA) is 86.6 Å². The lowest BCUT2D eigenvalue weighted by Crippen LogP contribution is -2.11. The third kappa shape index (κ3) is 2.87. The third-order valence-corrected chi connectivity index (χ3v) is 2.22. The van der Waals surface area contributed by atoms with Crippen molar-refractivity contribution in [2.45, 2.75) is 13.3 Å². The summed E-state index contributed by atoms with van der Waals surface area (Å²) in [7, 11) is 0. The van der Waals surface area contributed by atoms with Crippen LogP contribution in [0, 0.1) is 0 Å². The predicted octanol–water partition coefficient (Wildman–Crippen LogP) is 1.63. The molecule has 1 amide bonds. The Labute approximate surface area is 96.7 Å². The second-order valence-corrected chi connectivity index (χ2v) is 3.58. The normalized spacial score (nSPS) is 9.88. The Balaban J connectivity index is 3.24. The number of anilines is 1. The number of carboxylic acids is 1. The molecule has 0 spiro atoms. The van der Waals surface area contributed by atoms with E-state index in [2.05, 4.69) is 5.32 Å². The van der Waals surface area contributed by atoms with E-state index in [1.807, 2.05) is 0 Å². The lowest BCUT2D eigenvalue weighted by Gasteiger charge is -2.11. The smallest absolute Gasteiger partial charge is 0.307 e. The van der Waals surface area contributed by atoms with Crippen molar-refractivity contribution in [1.82, 2.24) is 0 Å². The van der Waals surface area contributed by atoms with Gasteiger partial charge in [-0.2, -0.15) is 0 Å². The summed E-state index contributed by atoms with van der Waals surface area (Å²) in [5.74, 6) is -1.72. The van der Waals surface area contributed by atoms with Crippen LogP contribution >= 0.6 is 11.6 Å². The molecule has 0 aromatic heterocycles. The van der Waals surface area contributed by atoms with Gasteiger partial charge in [-0.1, -0.05) is 11.6 Å². The molecule has 0 aliphatic heterocycles. The van der Waals surface area contributed by atoms with E-state index in [1.54, 1.807) is 0 Å². The van der Waals surface area contributed by atoms with Crippen molar-refractivity contribution < 1.29 is 19.8 Å². The molecular weight excluding hydrogens is 234 g/mol. The number of aliphatic carboxylic acids is 1. The Morgan fingerprint density at radius 2 is 2.06 bits per heavy atom. The van der Waals surface area contributed by atoms with E-state index in [9.17, 15) is 14.7 Å². The number of hydrogen-bond acceptors (Lipinski definition) is 3. The van der Waals surface area contributed by atoms with Crippen LogP contribution in [-0.4, -0.2) is 22.1 Å². The molecule has 0 aliphatic carbocycles. The van der Waals surface area contributed by atoms with Gasteiger partial charge in [0, 0.05) is 17.5 Å². The Morgan fingerprint density at radius 1 is 1.44 bits per heavy atom. The molecule has 16 heavy (non-hydrogen) atoms. The molecule has 0 radical (unpaired) electrons. The fourth-order valence-electron chi connectivity index (χ4n) is 1.25. The average molecular weight is 244 g/mol. The van der Waals surface area contributed by atoms with Crippen LogP contribution < -0.4 is 5.32 Å². The number of rotatable bonds is 3. The first kappa shape index (κ1) is 12.3. The number of carbonyl (C=O) groups is 2. The minimum atomic E-state index is -1.10. The summed E-state index contributed by atoms with van der Waals surface area (Å²) in [4.78, 5) is 21.5. The second kappa shape index (κ2) is 4.85. The molecule has 0 heterocycles. The Bertz CT molecular complexity index is 404. The minimum Gasteiger partial charge on any atom is -0.506 e. The number of benzene rings is 1. The Kier molecular flexibility index (Phi) is 3.73. The van der Waals surface area contributed by atoms with Crippen molar-refractivity contribution in [3.05, 3.63) is 22.7 Å². The van der Waals surface area contributed by atoms with Gasteiger partial charge in [0.05, 0.1) is 12.1 Å². The fourth-order valence-corrected chi connectivity index (χ4v) is 1.47. The molecule has 3 N–H and O–H groups in total. The minimum absolute atomic E-state index is 0.0439. The third-order valence-electron chi connectivity index (χ3n) is 1.86. The first-order valence-corrected chi connectivity index (χ1v) is 4.79. The van der Waals surface area contributed by atoms with Crippen molar-refractivity contribution in [2.75, 3.05) is 5.32 Å². The van der Waals surface area contributed by atoms with Crippen LogP contribution in [-0.2, 0) is 16.0 Å². The second-order valence-electron chi connectivity index (χ2n) is 3.17. The summed E-state index contributed by atoms with van der Waals surface area (Å²) in [6.45, 7) is 1.25. The van der Waals surface area contributed by atoms with Gasteiger partial charge in [0.25, 0.3) is 0 Å². The molecule has 0 fully saturated rings. The summed E-state index contributed by atoms with van der Waals surface area (Å²) < 4.78 is 0. The first-order chi connectivity index (χ1) is 7.41. The molecule has 0 aliphatic rings. The van der Waals surface area contributed by atoms with E-state index in [0.29, 0.717) is 0 Å². The van der Waals surface area contributed by atoms with Crippen LogP contribution in [0.2, 0.25) is 5.02 Å². The number of hydrogen-bond donors (Lipinski definition) is 3. The van der Waals surface area contributed by atoms with Gasteiger partial charge >= 0.3 is 5.97 Å². The molecule has 6 heteroatoms. The molecule has 86 valence electrons. The van der Waals surface area contributed by atoms with Gasteiger partial charge in [-0.25, -0.2) is 0 Å². The zero-order chi connectivity index (χ0) is 12.3. The van der Waals surface area contributed by atoms with Gasteiger partial charge in [0.1, 0.15) is 5.75 Å². The summed E-state index contributed by atoms with van der Waals surface area (Å²) in [6, 6.07) is 2.67. The maximum atomic E-state index is 10.9. The largest absolute Gasteiger partial charge is 0.506 e. The van der Waals surface area contributed by atoms with Gasteiger partial charge in [-0.15, -0.1) is 0 Å². The van der Waals surface area contributed by atoms with E-state index in [4.69, 9.17) is 16.7 Å². The molecule has 0 saturated heterocycles. The highest BCUT2D eigenvalue weighted by atomic mass is 35.5. The van der Waals surface area contributed by atoms with Crippen LogP contribution in [0.4, 0.5) is 5.69 Å². The highest BCUT2D eigenvalue weighted by Crippen LogP contribution is 2.33. The van der Waals surface area contributed by atoms with Gasteiger partial charge < -0.3 is 15.5 Å². The van der Waals surface area contributed by atoms with Gasteiger partial charge in [-0.05, 0) is 12.1 Å². The highest BCUT2D eigenvalue weighted by molar-refractivity contribution is 6.32. The number of halogens is 1. The average Bonchev–Trinajstić information content (AvgIpc) is 2.16. The van der Waals surface area contributed by atoms with Crippen LogP contribution in [0.3, 0.4) is 0 Å². The molecule has 5 nitrogen and oxygen atoms in total. The van der Waals surface area contributed by atoms with Crippen LogP contribution in [0.15, 0.2) is 12.1 Å². The lowest BCUT2D eigenvalue weighted by molar-refractivity contribution is -0.136. The van der Waals surface area contributed by atoms with E-state index in [1.165, 1.54) is 19.1 Å². The zero-order valence-corrected chi connectivity index (χ0v) is 9.21. The van der Waals surface area contributed by atoms with Gasteiger partial charge in [0.2, 0.25) is 5.91 Å². The summed E-state index contributed by atoms with van der Waals surface area (Å²) in [5, 5.41) is 20.7. The van der Waals surface area contributed by atoms with Crippen molar-refractivity contribution in [1.29, 1.82) is 0 Å². The van der Waals surface area contributed by atoms with Crippen LogP contribution in [0.5, 0.6) is 5.75 Å². The quantitative estimate of drug-likeness (QED) is 0.704. The Hall–Kier alpha value is -1.75. The van der Waals surface area contributed by atoms with Crippen LogP contribution in [0.25, 0.3) is 0 Å². The van der Waals surface area contributed by atoms with E-state index >= 15 is 0 Å². The summed E-state index contributed by atoms with van der Waals surface area (Å²) >= 11 is 5.80. The van der Waals surface area contributed by atoms with Crippen molar-refractivity contribution >= 4 is 29.2 Å². The van der Waals surface area contributed by atoms with E-state index < -0.39 is 11.9 Å². The predicted molar refractivity (Wildman–Crippen MR) is 58.8 cm³/mol. The summed E-state index contributed by atoms with van der Waals surface area (Å²) in [5.41, 5.74) is 0.228. The molecule has 1 aromatic carbocycles. The van der Waals surface area contributed by atoms with Gasteiger partial charge in [0.15, 0.2) is 0 Å². The molecule has 1 aromatic rings. The van der Waals surface area contributed by atoms with Crippen LogP contribution in [0.1, 0.15) is 12.5 Å². The lowest BCUT2D eigenvalue weighted by atomic mass is 10.1. The van der Waals surface area contributed by atoms with E-state index in [-0.39, 0.29) is 28.4 Å². The standard InChI is InChI=1S/C10H10ClNO4/c1-5(13)12-10-6(4-9(15)16)7(11)2-3-8(10)14/h2-3,14H,4H2,1H3,(H,12,13)(H,15,16). The fraction of sp³-hybridized carbons (Fsp3) is 0.200. The molecule has 0 unspecified atom stereocenters. The molecule has 0 saturated carbocycles. The molecule has 0 bridgehead atoms. The first-order valence-electron chi connectivity index (χ1n) is 4.41. The Morgan fingerprint density at radius 3 is 2.56 bits per heavy atom. The number of carboxylic acid groups (broad SMARTS) is 1. The molecule has 0 atom stereocenters. The van der Waals surface area contributed by atoms with Crippen molar-refractivity contribution in [3.8, 4) is 5.75 Å². The van der Waals surface area contributed by atoms with Crippen molar-refractivity contribution in [2.24, 2.45) is 0 Å². The number of amides is 1. The number of aromatic hydroxyl groups is 1. The highest BCUT2D eigenvalue weighted by Gasteiger charge is 2.15. The van der Waals surface area contributed by atoms with E-state index in [0.717, 1.165) is 0 Å². The SMILES string of the molecule is CC(=O)Nc1c(O)ccc(Cl)c1CC(=O)O. The summed E-state index contributed by atoms with van der Waals surface area (Å²) in [6.07, 6.45) is -0.372. The number of phenolic OH excluding ortho intramolecular Hbond substituents is 1. The zero-order valence-electron chi connectivity index (χ0n) is 8.45. The monoisotopic (exact) mass is 243 g/mol. The molecule has 1 rings (SSSR count). The maximum absolute atomic E-state index is 10.9. The van der Waals surface area contributed by atoms with Gasteiger partial charge in [-0.3, -0.25) is 9.59 Å². The number of carbonyl (C=O) groups excluding carboxylic acids is 1. The molecular formula is C10H10ClNO4. The van der Waals surface area contributed by atoms with Crippen molar-refractivity contribution in [3.63, 3.8) is 0 Å². The number of nitrogens with one attached hydrogen (secondary N) is 1. The number of phenols is 1. The maximum Gasteiger partial charge on any atom is 0.307 e.